The second kappa shape index (κ2) is 7.20. The van der Waals surface area contributed by atoms with Crippen LogP contribution in [0.15, 0.2) is 48.7 Å². The molecular formula is C21H17F2N3O. The van der Waals surface area contributed by atoms with Gasteiger partial charge in [-0.05, 0) is 18.2 Å². The summed E-state index contributed by atoms with van der Waals surface area (Å²) in [6, 6.07) is 13.3. The average Bonchev–Trinajstić information content (AvgIpc) is 2.70. The fourth-order valence-electron chi connectivity index (χ4n) is 3.50. The van der Waals surface area contributed by atoms with E-state index >= 15 is 0 Å². The second-order valence-electron chi connectivity index (χ2n) is 6.53. The van der Waals surface area contributed by atoms with Crippen LogP contribution in [0, 0.1) is 23.0 Å². The van der Waals surface area contributed by atoms with Crippen molar-refractivity contribution in [1.29, 1.82) is 5.26 Å². The van der Waals surface area contributed by atoms with E-state index in [1.807, 2.05) is 24.3 Å². The number of para-hydroxylation sites is 1. The van der Waals surface area contributed by atoms with Crippen molar-refractivity contribution in [2.75, 3.05) is 18.0 Å². The van der Waals surface area contributed by atoms with Gasteiger partial charge in [0.1, 0.15) is 18.0 Å². The first-order valence-electron chi connectivity index (χ1n) is 8.80. The lowest BCUT2D eigenvalue weighted by Gasteiger charge is -2.34. The molecule has 4 nitrogen and oxygen atoms in total. The van der Waals surface area contributed by atoms with Gasteiger partial charge >= 0.3 is 0 Å². The molecule has 136 valence electrons. The number of halogens is 2. The van der Waals surface area contributed by atoms with Crippen molar-refractivity contribution in [3.05, 3.63) is 65.9 Å². The highest BCUT2D eigenvalue weighted by atomic mass is 19.1. The van der Waals surface area contributed by atoms with Crippen LogP contribution in [-0.4, -0.2) is 24.2 Å². The number of ether oxygens (including phenoxy) is 1. The van der Waals surface area contributed by atoms with Crippen LogP contribution in [0.3, 0.4) is 0 Å². The van der Waals surface area contributed by atoms with Crippen molar-refractivity contribution in [3.63, 3.8) is 0 Å². The molecule has 4 rings (SSSR count). The Kier molecular flexibility index (Phi) is 4.59. The quantitative estimate of drug-likeness (QED) is 0.689. The summed E-state index contributed by atoms with van der Waals surface area (Å²) in [5, 5.41) is 10.4. The Bertz CT molecular complexity index is 1020. The molecule has 3 aromatic rings. The molecule has 1 aromatic heterocycles. The van der Waals surface area contributed by atoms with Crippen LogP contribution in [0.25, 0.3) is 10.9 Å². The molecule has 0 bridgehead atoms. The van der Waals surface area contributed by atoms with E-state index in [-0.39, 0.29) is 11.9 Å². The SMILES string of the molecule is N#Cc1cnc2ccccc2c1N1CCC(Oc2ccc(F)cc2F)CC1. The number of nitrogens with zero attached hydrogens (tertiary/aromatic N) is 3. The molecule has 1 aliphatic heterocycles. The molecule has 1 saturated heterocycles. The Hall–Kier alpha value is -3.20. The molecule has 0 spiro atoms. The summed E-state index contributed by atoms with van der Waals surface area (Å²) < 4.78 is 32.6. The van der Waals surface area contributed by atoms with E-state index in [1.54, 1.807) is 6.20 Å². The molecule has 0 atom stereocenters. The minimum atomic E-state index is -0.690. The molecule has 0 radical (unpaired) electrons. The molecular weight excluding hydrogens is 348 g/mol. The van der Waals surface area contributed by atoms with E-state index in [1.165, 1.54) is 12.1 Å². The van der Waals surface area contributed by atoms with Crippen molar-refractivity contribution in [3.8, 4) is 11.8 Å². The summed E-state index contributed by atoms with van der Waals surface area (Å²) in [5.74, 6) is -1.24. The molecule has 2 aromatic carbocycles. The van der Waals surface area contributed by atoms with E-state index in [4.69, 9.17) is 4.74 Å². The zero-order valence-corrected chi connectivity index (χ0v) is 14.5. The average molecular weight is 365 g/mol. The highest BCUT2D eigenvalue weighted by molar-refractivity contribution is 5.94. The Morgan fingerprint density at radius 3 is 2.63 bits per heavy atom. The van der Waals surface area contributed by atoms with Crippen molar-refractivity contribution in [2.45, 2.75) is 18.9 Å². The van der Waals surface area contributed by atoms with Crippen LogP contribution < -0.4 is 9.64 Å². The van der Waals surface area contributed by atoms with Crippen LogP contribution in [0.5, 0.6) is 5.75 Å². The normalized spacial score (nSPS) is 14.9. The van der Waals surface area contributed by atoms with E-state index in [2.05, 4.69) is 16.0 Å². The topological polar surface area (TPSA) is 49.2 Å². The van der Waals surface area contributed by atoms with Gasteiger partial charge in [-0.15, -0.1) is 0 Å². The molecule has 1 aliphatic rings. The van der Waals surface area contributed by atoms with Gasteiger partial charge in [0.25, 0.3) is 0 Å². The van der Waals surface area contributed by atoms with Crippen LogP contribution >= 0.6 is 0 Å². The second-order valence-corrected chi connectivity index (χ2v) is 6.53. The van der Waals surface area contributed by atoms with Gasteiger partial charge in [-0.25, -0.2) is 8.78 Å². The van der Waals surface area contributed by atoms with Gasteiger partial charge in [0.2, 0.25) is 0 Å². The highest BCUT2D eigenvalue weighted by Gasteiger charge is 2.24. The van der Waals surface area contributed by atoms with Gasteiger partial charge in [0, 0.05) is 43.6 Å². The van der Waals surface area contributed by atoms with Gasteiger partial charge in [-0.1, -0.05) is 18.2 Å². The Morgan fingerprint density at radius 2 is 1.89 bits per heavy atom. The number of benzene rings is 2. The lowest BCUT2D eigenvalue weighted by atomic mass is 10.0. The van der Waals surface area contributed by atoms with Gasteiger partial charge in [0.15, 0.2) is 11.6 Å². The summed E-state index contributed by atoms with van der Waals surface area (Å²) in [4.78, 5) is 6.51. The zero-order chi connectivity index (χ0) is 18.8. The summed E-state index contributed by atoms with van der Waals surface area (Å²) in [5.41, 5.74) is 2.27. The summed E-state index contributed by atoms with van der Waals surface area (Å²) in [6.07, 6.45) is 2.81. The van der Waals surface area contributed by atoms with Crippen molar-refractivity contribution < 1.29 is 13.5 Å². The Labute approximate surface area is 155 Å². The minimum absolute atomic E-state index is 0.0712. The van der Waals surface area contributed by atoms with E-state index < -0.39 is 11.6 Å². The van der Waals surface area contributed by atoms with E-state index in [0.717, 1.165) is 22.7 Å². The Balaban J connectivity index is 1.53. The maximum atomic E-state index is 13.8. The molecule has 27 heavy (non-hydrogen) atoms. The van der Waals surface area contributed by atoms with Crippen LogP contribution in [0.1, 0.15) is 18.4 Å². The molecule has 0 unspecified atom stereocenters. The van der Waals surface area contributed by atoms with Gasteiger partial charge in [-0.2, -0.15) is 5.26 Å². The number of pyridine rings is 1. The third-order valence-electron chi connectivity index (χ3n) is 4.81. The predicted molar refractivity (Wildman–Crippen MR) is 98.7 cm³/mol. The lowest BCUT2D eigenvalue weighted by Crippen LogP contribution is -2.38. The summed E-state index contributed by atoms with van der Waals surface area (Å²) >= 11 is 0. The number of piperidine rings is 1. The van der Waals surface area contributed by atoms with Crippen molar-refractivity contribution in [1.82, 2.24) is 4.98 Å². The van der Waals surface area contributed by atoms with Crippen molar-refractivity contribution >= 4 is 16.6 Å². The van der Waals surface area contributed by atoms with Gasteiger partial charge < -0.3 is 9.64 Å². The fraction of sp³-hybridized carbons (Fsp3) is 0.238. The first kappa shape index (κ1) is 17.2. The predicted octanol–water partition coefficient (Wildman–Crippen LogP) is 4.43. The molecule has 0 N–H and O–H groups in total. The molecule has 0 aliphatic carbocycles. The molecule has 6 heteroatoms. The maximum absolute atomic E-state index is 13.8. The number of nitriles is 1. The number of hydrogen-bond donors (Lipinski definition) is 0. The molecule has 0 amide bonds. The third kappa shape index (κ3) is 3.41. The standard InChI is InChI=1S/C21H17F2N3O/c22-15-5-6-20(18(23)11-15)27-16-7-9-26(10-8-16)21-14(12-24)13-25-19-4-2-1-3-17(19)21/h1-6,11,13,16H,7-10H2. The monoisotopic (exact) mass is 365 g/mol. The molecule has 0 saturated carbocycles. The Morgan fingerprint density at radius 1 is 1.11 bits per heavy atom. The van der Waals surface area contributed by atoms with Gasteiger partial charge in [0.05, 0.1) is 16.8 Å². The van der Waals surface area contributed by atoms with Crippen LogP contribution in [0.4, 0.5) is 14.5 Å². The number of fused-ring (bicyclic) bond motifs is 1. The lowest BCUT2D eigenvalue weighted by molar-refractivity contribution is 0.163. The summed E-state index contributed by atoms with van der Waals surface area (Å²) in [7, 11) is 0. The smallest absolute Gasteiger partial charge is 0.167 e. The zero-order valence-electron chi connectivity index (χ0n) is 14.5. The fourth-order valence-corrected chi connectivity index (χ4v) is 3.50. The third-order valence-corrected chi connectivity index (χ3v) is 4.81. The minimum Gasteiger partial charge on any atom is -0.487 e. The maximum Gasteiger partial charge on any atom is 0.167 e. The van der Waals surface area contributed by atoms with Crippen LogP contribution in [-0.2, 0) is 0 Å². The van der Waals surface area contributed by atoms with Crippen LogP contribution in [0.2, 0.25) is 0 Å². The summed E-state index contributed by atoms with van der Waals surface area (Å²) in [6.45, 7) is 1.35. The van der Waals surface area contributed by atoms with Gasteiger partial charge in [-0.3, -0.25) is 4.98 Å². The number of aromatic nitrogens is 1. The number of anilines is 1. The first-order chi connectivity index (χ1) is 13.2. The molecule has 1 fully saturated rings. The van der Waals surface area contributed by atoms with Crippen molar-refractivity contribution in [2.24, 2.45) is 0 Å². The molecule has 2 heterocycles. The largest absolute Gasteiger partial charge is 0.487 e. The first-order valence-corrected chi connectivity index (χ1v) is 8.80. The highest BCUT2D eigenvalue weighted by Crippen LogP contribution is 2.32. The van der Waals surface area contributed by atoms with E-state index in [9.17, 15) is 14.0 Å². The van der Waals surface area contributed by atoms with E-state index in [0.29, 0.717) is 31.5 Å². The number of hydrogen-bond acceptors (Lipinski definition) is 4. The number of rotatable bonds is 3.